The van der Waals surface area contributed by atoms with Crippen LogP contribution in [0.15, 0.2) is 11.4 Å². The number of nitrogens with one attached hydrogen (secondary N) is 1. The number of likely N-dealkylation sites (N-methyl/N-ethyl adjacent to an activating group) is 1. The van der Waals surface area contributed by atoms with E-state index in [9.17, 15) is 47.4 Å². The molecule has 2 fully saturated rings. The standard InChI is InChI=1S/C28H30F3N5O7S/c1-35(2)14-7-11(8-33-26-34-15(9-44-26)28(29,30)31)20(37)17-12(14)5-10-6-13-19(36(3)4)22(39)18(25(32)42)24(41)27(13,43)23(40)16(10)21(17)38/h7,9-10,13,16,18-19,37,43H,5-6,8H2,1-4H3,(H2,32,42)(H,33,34)/t10-,13-,16?,18?,19-,27-/m0/s1. The first-order valence-electron chi connectivity index (χ1n) is 13.6. The molecule has 2 unspecified atom stereocenters. The second kappa shape index (κ2) is 10.6. The minimum Gasteiger partial charge on any atom is -0.507 e. The van der Waals surface area contributed by atoms with E-state index >= 15 is 0 Å². The molecule has 2 saturated carbocycles. The van der Waals surface area contributed by atoms with Crippen LogP contribution in [0.5, 0.6) is 5.75 Å². The van der Waals surface area contributed by atoms with E-state index < -0.39 is 82.0 Å². The summed E-state index contributed by atoms with van der Waals surface area (Å²) in [4.78, 5) is 73.5. The third kappa shape index (κ3) is 4.66. The summed E-state index contributed by atoms with van der Waals surface area (Å²) in [5, 5.41) is 26.5. The minimum atomic E-state index is -4.64. The van der Waals surface area contributed by atoms with Crippen molar-refractivity contribution in [2.75, 3.05) is 38.4 Å². The minimum absolute atomic E-state index is 0.0715. The Morgan fingerprint density at radius 1 is 1.18 bits per heavy atom. The fourth-order valence-corrected chi connectivity index (χ4v) is 7.61. The summed E-state index contributed by atoms with van der Waals surface area (Å²) in [5.74, 6) is -11.7. The quantitative estimate of drug-likeness (QED) is 0.332. The number of hydrogen-bond donors (Lipinski definition) is 4. The Kier molecular flexibility index (Phi) is 7.62. The van der Waals surface area contributed by atoms with Crippen molar-refractivity contribution >= 4 is 51.2 Å². The zero-order valence-corrected chi connectivity index (χ0v) is 24.9. The SMILES string of the molecule is CN(C)c1cc(CNc2nc(C(F)(F)F)cs2)c(O)c2c1C[C@H]1C[C@H]3[C@H](N(C)C)C(=O)C(C(N)=O)C(=O)[C@@]3(O)C(=O)C1C2=O. The largest absolute Gasteiger partial charge is 0.507 e. The summed E-state index contributed by atoms with van der Waals surface area (Å²) in [7, 11) is 6.38. The van der Waals surface area contributed by atoms with Crippen LogP contribution in [-0.2, 0) is 38.3 Å². The van der Waals surface area contributed by atoms with Gasteiger partial charge in [-0.1, -0.05) is 0 Å². The van der Waals surface area contributed by atoms with Crippen molar-refractivity contribution in [2.45, 2.75) is 37.2 Å². The Labute approximate surface area is 253 Å². The summed E-state index contributed by atoms with van der Waals surface area (Å²) in [5.41, 5.74) is 2.22. The fourth-order valence-electron chi connectivity index (χ4n) is 6.90. The summed E-state index contributed by atoms with van der Waals surface area (Å²) in [6.07, 6.45) is -4.66. The first-order chi connectivity index (χ1) is 20.4. The molecule has 1 amide bonds. The Morgan fingerprint density at radius 3 is 2.39 bits per heavy atom. The van der Waals surface area contributed by atoms with E-state index in [1.807, 2.05) is 0 Å². The number of thiazole rings is 1. The monoisotopic (exact) mass is 637 g/mol. The Bertz CT molecular complexity index is 1610. The lowest BCUT2D eigenvalue weighted by Gasteiger charge is -2.52. The van der Waals surface area contributed by atoms with E-state index in [0.717, 1.165) is 5.38 Å². The van der Waals surface area contributed by atoms with Gasteiger partial charge in [0.05, 0.1) is 17.5 Å². The zero-order valence-electron chi connectivity index (χ0n) is 24.1. The maximum absolute atomic E-state index is 14.1. The summed E-state index contributed by atoms with van der Waals surface area (Å²) < 4.78 is 39.0. The third-order valence-corrected chi connectivity index (χ3v) is 9.62. The summed E-state index contributed by atoms with van der Waals surface area (Å²) in [6.45, 7) is -0.225. The van der Waals surface area contributed by atoms with Crippen LogP contribution in [-0.4, -0.2) is 89.0 Å². The van der Waals surface area contributed by atoms with Crippen molar-refractivity contribution in [1.29, 1.82) is 0 Å². The number of anilines is 2. The Balaban J connectivity index is 1.56. The predicted octanol–water partition coefficient (Wildman–Crippen LogP) is 1.02. The van der Waals surface area contributed by atoms with Crippen LogP contribution in [0, 0.1) is 23.7 Å². The molecule has 1 aromatic heterocycles. The van der Waals surface area contributed by atoms with Gasteiger partial charge in [0.2, 0.25) is 5.91 Å². The van der Waals surface area contributed by atoms with Gasteiger partial charge in [-0.15, -0.1) is 11.3 Å². The van der Waals surface area contributed by atoms with Crippen molar-refractivity contribution < 1.29 is 47.4 Å². The maximum atomic E-state index is 14.1. The fraction of sp³-hybridized carbons (Fsp3) is 0.500. The molecule has 1 heterocycles. The van der Waals surface area contributed by atoms with Gasteiger partial charge in [0, 0.05) is 43.2 Å². The number of benzene rings is 1. The molecule has 2 aromatic rings. The van der Waals surface area contributed by atoms with Crippen molar-refractivity contribution in [2.24, 2.45) is 29.4 Å². The number of aliphatic hydroxyl groups is 1. The molecule has 0 spiro atoms. The molecule has 0 aliphatic heterocycles. The van der Waals surface area contributed by atoms with Crippen LogP contribution in [0.3, 0.4) is 0 Å². The number of ketones is 4. The van der Waals surface area contributed by atoms with E-state index in [1.165, 1.54) is 19.0 Å². The van der Waals surface area contributed by atoms with Crippen LogP contribution >= 0.6 is 11.3 Å². The molecule has 3 aliphatic rings. The molecule has 0 bridgehead atoms. The van der Waals surface area contributed by atoms with Gasteiger partial charge >= 0.3 is 6.18 Å². The van der Waals surface area contributed by atoms with Gasteiger partial charge in [0.1, 0.15) is 5.75 Å². The van der Waals surface area contributed by atoms with E-state index in [0.29, 0.717) is 22.6 Å². The molecule has 5 rings (SSSR count). The predicted molar refractivity (Wildman–Crippen MR) is 150 cm³/mol. The van der Waals surface area contributed by atoms with E-state index in [4.69, 9.17) is 5.73 Å². The van der Waals surface area contributed by atoms with Gasteiger partial charge in [-0.2, -0.15) is 13.2 Å². The number of amides is 1. The highest BCUT2D eigenvalue weighted by atomic mass is 32.1. The number of phenolic OH excluding ortho intramolecular Hbond substituents is 1. The number of hydrogen-bond acceptors (Lipinski definition) is 12. The number of rotatable bonds is 6. The highest BCUT2D eigenvalue weighted by Crippen LogP contribution is 2.52. The molecule has 12 nitrogen and oxygen atoms in total. The number of halogens is 3. The molecule has 44 heavy (non-hydrogen) atoms. The number of nitrogens with zero attached hydrogens (tertiary/aromatic N) is 3. The zero-order chi connectivity index (χ0) is 32.6. The average Bonchev–Trinajstić information content (AvgIpc) is 3.39. The molecule has 5 N–H and O–H groups in total. The van der Waals surface area contributed by atoms with Gasteiger partial charge in [-0.05, 0) is 44.5 Å². The number of nitrogens with two attached hydrogens (primary N) is 1. The Morgan fingerprint density at radius 2 is 1.84 bits per heavy atom. The Hall–Kier alpha value is -3.89. The van der Waals surface area contributed by atoms with Crippen molar-refractivity contribution in [3.63, 3.8) is 0 Å². The van der Waals surface area contributed by atoms with Crippen LogP contribution < -0.4 is 16.0 Å². The van der Waals surface area contributed by atoms with E-state index in [1.54, 1.807) is 25.1 Å². The highest BCUT2D eigenvalue weighted by Gasteiger charge is 2.69. The van der Waals surface area contributed by atoms with Crippen molar-refractivity contribution in [3.8, 4) is 5.75 Å². The number of primary amides is 1. The van der Waals surface area contributed by atoms with Crippen LogP contribution in [0.2, 0.25) is 0 Å². The molecule has 16 heteroatoms. The molecular weight excluding hydrogens is 607 g/mol. The number of Topliss-reactive ketones (excluding diaryl/α,β-unsaturated/α-hetero) is 4. The van der Waals surface area contributed by atoms with Crippen LogP contribution in [0.25, 0.3) is 0 Å². The lowest BCUT2D eigenvalue weighted by atomic mass is 9.52. The number of aromatic hydroxyl groups is 1. The number of alkyl halides is 3. The summed E-state index contributed by atoms with van der Waals surface area (Å²) >= 11 is 0.705. The second-order valence-corrected chi connectivity index (χ2v) is 12.7. The van der Waals surface area contributed by atoms with Gasteiger partial charge < -0.3 is 26.2 Å². The van der Waals surface area contributed by atoms with Gasteiger partial charge in [-0.25, -0.2) is 4.98 Å². The molecular formula is C28H30F3N5O7S. The van der Waals surface area contributed by atoms with Crippen LogP contribution in [0.4, 0.5) is 24.0 Å². The van der Waals surface area contributed by atoms with Gasteiger partial charge in [0.25, 0.3) is 0 Å². The number of aromatic nitrogens is 1. The van der Waals surface area contributed by atoms with Crippen molar-refractivity contribution in [3.05, 3.63) is 33.8 Å². The molecule has 1 aromatic carbocycles. The molecule has 0 saturated heterocycles. The van der Waals surface area contributed by atoms with E-state index in [2.05, 4.69) is 10.3 Å². The first kappa shape index (κ1) is 31.5. The lowest BCUT2D eigenvalue weighted by molar-refractivity contribution is -0.181. The number of carbonyl (C=O) groups excluding carboxylic acids is 5. The van der Waals surface area contributed by atoms with Gasteiger partial charge in [-0.3, -0.25) is 28.9 Å². The highest BCUT2D eigenvalue weighted by molar-refractivity contribution is 7.13. The normalized spacial score (nSPS) is 28.4. The van der Waals surface area contributed by atoms with Gasteiger partial charge in [0.15, 0.2) is 45.5 Å². The third-order valence-electron chi connectivity index (χ3n) is 8.82. The molecule has 0 radical (unpaired) electrons. The average molecular weight is 638 g/mol. The summed E-state index contributed by atoms with van der Waals surface area (Å²) in [6, 6.07) is 0.359. The number of fused-ring (bicyclic) bond motifs is 3. The second-order valence-electron chi connectivity index (χ2n) is 11.8. The first-order valence-corrected chi connectivity index (χ1v) is 14.4. The number of carbonyl (C=O) groups is 5. The molecule has 3 aliphatic carbocycles. The smallest absolute Gasteiger partial charge is 0.434 e. The van der Waals surface area contributed by atoms with E-state index in [-0.39, 0.29) is 35.6 Å². The topological polar surface area (TPSA) is 183 Å². The lowest BCUT2D eigenvalue weighted by Crippen LogP contribution is -2.74. The molecule has 236 valence electrons. The molecule has 6 atom stereocenters. The number of phenols is 1. The van der Waals surface area contributed by atoms with Crippen LogP contribution in [0.1, 0.15) is 33.6 Å². The van der Waals surface area contributed by atoms with Crippen molar-refractivity contribution in [1.82, 2.24) is 9.88 Å². The maximum Gasteiger partial charge on any atom is 0.434 e.